The molecule has 3 aromatic rings. The number of ether oxygens (including phenoxy) is 1. The molecule has 0 spiro atoms. The van der Waals surface area contributed by atoms with Crippen LogP contribution in [0.5, 0.6) is 11.5 Å². The highest BCUT2D eigenvalue weighted by molar-refractivity contribution is 6.18. The molecule has 0 radical (unpaired) electrons. The van der Waals surface area contributed by atoms with Crippen molar-refractivity contribution in [2.24, 2.45) is 0 Å². The van der Waals surface area contributed by atoms with E-state index in [0.29, 0.717) is 11.0 Å². The van der Waals surface area contributed by atoms with Crippen LogP contribution in [0.4, 0.5) is 0 Å². The van der Waals surface area contributed by atoms with Gasteiger partial charge < -0.3 is 19.4 Å². The molecule has 1 heterocycles. The summed E-state index contributed by atoms with van der Waals surface area (Å²) in [4.78, 5) is 12.4. The summed E-state index contributed by atoms with van der Waals surface area (Å²) in [6, 6.07) is 9.62. The minimum absolute atomic E-state index is 0.0216. The summed E-state index contributed by atoms with van der Waals surface area (Å²) in [5.41, 5.74) is 0.345. The monoisotopic (exact) mass is 320 g/mol. The average molecular weight is 321 g/mol. The zero-order chi connectivity index (χ0) is 15.7. The van der Waals surface area contributed by atoms with Gasteiger partial charge in [0.15, 0.2) is 0 Å². The number of aliphatic hydroxyl groups excluding tert-OH is 1. The summed E-state index contributed by atoms with van der Waals surface area (Å²) in [5, 5.41) is 20.0. The molecule has 0 bridgehead atoms. The van der Waals surface area contributed by atoms with Gasteiger partial charge in [-0.25, -0.2) is 0 Å². The van der Waals surface area contributed by atoms with Gasteiger partial charge in [-0.1, -0.05) is 12.1 Å². The minimum Gasteiger partial charge on any atom is -0.507 e. The molecular formula is C16H13ClO5. The summed E-state index contributed by atoms with van der Waals surface area (Å²) in [6.07, 6.45) is -0.817. The SMILES string of the molecule is O=c1c2ccccc2oc2cc(OCC(O)CCl)cc(O)c12. The van der Waals surface area contributed by atoms with Crippen LogP contribution in [0.2, 0.25) is 0 Å². The molecule has 6 heteroatoms. The molecule has 0 fully saturated rings. The normalized spacial score (nSPS) is 12.6. The first-order valence-corrected chi connectivity index (χ1v) is 7.19. The molecule has 3 rings (SSSR count). The van der Waals surface area contributed by atoms with Gasteiger partial charge in [-0.15, -0.1) is 11.6 Å². The maximum absolute atomic E-state index is 12.4. The van der Waals surface area contributed by atoms with Gasteiger partial charge in [-0.3, -0.25) is 4.79 Å². The molecule has 2 N–H and O–H groups in total. The zero-order valence-electron chi connectivity index (χ0n) is 11.5. The number of rotatable bonds is 4. The van der Waals surface area contributed by atoms with Crippen LogP contribution < -0.4 is 10.2 Å². The Morgan fingerprint density at radius 3 is 2.77 bits per heavy atom. The third-order valence-electron chi connectivity index (χ3n) is 3.25. The molecule has 1 atom stereocenters. The van der Waals surface area contributed by atoms with Gasteiger partial charge in [-0.2, -0.15) is 0 Å². The highest BCUT2D eigenvalue weighted by Crippen LogP contribution is 2.30. The van der Waals surface area contributed by atoms with Crippen molar-refractivity contribution in [3.05, 3.63) is 46.6 Å². The summed E-state index contributed by atoms with van der Waals surface area (Å²) in [6.45, 7) is -0.0216. The smallest absolute Gasteiger partial charge is 0.204 e. The summed E-state index contributed by atoms with van der Waals surface area (Å²) >= 11 is 5.49. The molecule has 0 aliphatic rings. The van der Waals surface area contributed by atoms with Crippen molar-refractivity contribution in [3.8, 4) is 11.5 Å². The number of hydrogen-bond donors (Lipinski definition) is 2. The fraction of sp³-hybridized carbons (Fsp3) is 0.188. The van der Waals surface area contributed by atoms with E-state index in [2.05, 4.69) is 0 Å². The van der Waals surface area contributed by atoms with Gasteiger partial charge in [-0.05, 0) is 12.1 Å². The number of fused-ring (bicyclic) bond motifs is 2. The van der Waals surface area contributed by atoms with E-state index in [-0.39, 0.29) is 40.4 Å². The average Bonchev–Trinajstić information content (AvgIpc) is 2.52. The Hall–Kier alpha value is -2.24. The van der Waals surface area contributed by atoms with Crippen molar-refractivity contribution in [1.82, 2.24) is 0 Å². The molecule has 1 unspecified atom stereocenters. The van der Waals surface area contributed by atoms with Crippen molar-refractivity contribution in [2.75, 3.05) is 12.5 Å². The number of para-hydroxylation sites is 1. The van der Waals surface area contributed by atoms with E-state index < -0.39 is 6.10 Å². The van der Waals surface area contributed by atoms with Crippen LogP contribution in [0.1, 0.15) is 0 Å². The van der Waals surface area contributed by atoms with Crippen molar-refractivity contribution in [1.29, 1.82) is 0 Å². The molecule has 0 aliphatic heterocycles. The van der Waals surface area contributed by atoms with Crippen molar-refractivity contribution < 1.29 is 19.4 Å². The Morgan fingerprint density at radius 1 is 1.23 bits per heavy atom. The first kappa shape index (κ1) is 14.7. The lowest BCUT2D eigenvalue weighted by molar-refractivity contribution is 0.125. The molecule has 0 saturated heterocycles. The lowest BCUT2D eigenvalue weighted by atomic mass is 10.1. The van der Waals surface area contributed by atoms with Crippen LogP contribution in [-0.4, -0.2) is 28.8 Å². The summed E-state index contributed by atoms with van der Waals surface area (Å²) in [5.74, 6) is 0.0965. The summed E-state index contributed by atoms with van der Waals surface area (Å²) in [7, 11) is 0. The van der Waals surface area contributed by atoms with Crippen LogP contribution >= 0.6 is 11.6 Å². The Balaban J connectivity index is 2.13. The topological polar surface area (TPSA) is 79.9 Å². The highest BCUT2D eigenvalue weighted by atomic mass is 35.5. The first-order valence-electron chi connectivity index (χ1n) is 6.65. The lowest BCUT2D eigenvalue weighted by Gasteiger charge is -2.11. The highest BCUT2D eigenvalue weighted by Gasteiger charge is 2.14. The number of halogens is 1. The van der Waals surface area contributed by atoms with E-state index in [4.69, 9.17) is 20.8 Å². The predicted molar refractivity (Wildman–Crippen MR) is 83.9 cm³/mol. The van der Waals surface area contributed by atoms with Gasteiger partial charge in [0.2, 0.25) is 5.43 Å². The quantitative estimate of drug-likeness (QED) is 0.570. The van der Waals surface area contributed by atoms with Crippen molar-refractivity contribution in [3.63, 3.8) is 0 Å². The summed E-state index contributed by atoms with van der Waals surface area (Å²) < 4.78 is 11.0. The van der Waals surface area contributed by atoms with E-state index in [9.17, 15) is 15.0 Å². The molecule has 114 valence electrons. The lowest BCUT2D eigenvalue weighted by Crippen LogP contribution is -2.18. The standard InChI is InChI=1S/C16H13ClO5/c17-7-9(18)8-21-10-5-12(19)15-14(6-10)22-13-4-2-1-3-11(13)16(15)20/h1-6,9,18-19H,7-8H2. The van der Waals surface area contributed by atoms with E-state index in [1.54, 1.807) is 24.3 Å². The van der Waals surface area contributed by atoms with Crippen LogP contribution in [0.3, 0.4) is 0 Å². The van der Waals surface area contributed by atoms with Gasteiger partial charge in [0.05, 0.1) is 11.3 Å². The maximum Gasteiger partial charge on any atom is 0.204 e. The van der Waals surface area contributed by atoms with E-state index >= 15 is 0 Å². The van der Waals surface area contributed by atoms with E-state index in [1.165, 1.54) is 12.1 Å². The second kappa shape index (κ2) is 5.87. The Labute approximate surface area is 130 Å². The fourth-order valence-corrected chi connectivity index (χ4v) is 2.29. The number of hydrogen-bond acceptors (Lipinski definition) is 5. The number of phenols is 1. The molecule has 0 amide bonds. The van der Waals surface area contributed by atoms with Crippen molar-refractivity contribution in [2.45, 2.75) is 6.10 Å². The van der Waals surface area contributed by atoms with Gasteiger partial charge >= 0.3 is 0 Å². The molecule has 0 saturated carbocycles. The number of aromatic hydroxyl groups is 1. The predicted octanol–water partition coefficient (Wildman–Crippen LogP) is 2.63. The van der Waals surface area contributed by atoms with Crippen LogP contribution in [-0.2, 0) is 0 Å². The third-order valence-corrected chi connectivity index (χ3v) is 3.61. The molecule has 0 aliphatic carbocycles. The van der Waals surface area contributed by atoms with E-state index in [0.717, 1.165) is 0 Å². The Kier molecular flexibility index (Phi) is 3.92. The third kappa shape index (κ3) is 2.61. The second-order valence-electron chi connectivity index (χ2n) is 4.86. The zero-order valence-corrected chi connectivity index (χ0v) is 12.2. The maximum atomic E-state index is 12.4. The molecular weight excluding hydrogens is 308 g/mol. The van der Waals surface area contributed by atoms with Crippen LogP contribution in [0, 0.1) is 0 Å². The van der Waals surface area contributed by atoms with Gasteiger partial charge in [0.25, 0.3) is 0 Å². The van der Waals surface area contributed by atoms with Crippen molar-refractivity contribution >= 4 is 33.5 Å². The Bertz CT molecular complexity index is 887. The molecule has 5 nitrogen and oxygen atoms in total. The molecule has 1 aromatic heterocycles. The number of benzene rings is 2. The van der Waals surface area contributed by atoms with Crippen LogP contribution in [0.15, 0.2) is 45.6 Å². The van der Waals surface area contributed by atoms with Crippen LogP contribution in [0.25, 0.3) is 21.9 Å². The first-order chi connectivity index (χ1) is 10.6. The van der Waals surface area contributed by atoms with E-state index in [1.807, 2.05) is 0 Å². The molecule has 22 heavy (non-hydrogen) atoms. The minimum atomic E-state index is -0.817. The Morgan fingerprint density at radius 2 is 2.00 bits per heavy atom. The largest absolute Gasteiger partial charge is 0.507 e. The number of aliphatic hydroxyl groups is 1. The van der Waals surface area contributed by atoms with Gasteiger partial charge in [0.1, 0.15) is 40.8 Å². The second-order valence-corrected chi connectivity index (χ2v) is 5.17. The number of alkyl halides is 1. The molecule has 2 aromatic carbocycles. The fourth-order valence-electron chi connectivity index (χ4n) is 2.20. The van der Waals surface area contributed by atoms with Gasteiger partial charge in [0, 0.05) is 12.1 Å². The number of phenolic OH excluding ortho intramolecular Hbond substituents is 1.